The Labute approximate surface area is 130 Å². The monoisotopic (exact) mass is 300 g/mol. The highest BCUT2D eigenvalue weighted by Gasteiger charge is 2.49. The van der Waals surface area contributed by atoms with E-state index < -0.39 is 11.7 Å². The molecular formula is C17H20N2O3. The van der Waals surface area contributed by atoms with Gasteiger partial charge in [0.25, 0.3) is 0 Å². The van der Waals surface area contributed by atoms with Crippen molar-refractivity contribution >= 4 is 5.91 Å². The molecule has 2 aliphatic heterocycles. The fraction of sp³-hybridized carbons (Fsp3) is 0.529. The average molecular weight is 300 g/mol. The first-order chi connectivity index (χ1) is 10.3. The summed E-state index contributed by atoms with van der Waals surface area (Å²) in [4.78, 5) is 14.1. The Hall–Kier alpha value is -2.06. The van der Waals surface area contributed by atoms with Gasteiger partial charge >= 0.3 is 0 Å². The van der Waals surface area contributed by atoms with E-state index in [2.05, 4.69) is 6.07 Å². The van der Waals surface area contributed by atoms with Crippen LogP contribution < -0.4 is 4.74 Å². The van der Waals surface area contributed by atoms with E-state index in [4.69, 9.17) is 10.00 Å². The topological polar surface area (TPSA) is 73.6 Å². The second-order valence-electron chi connectivity index (χ2n) is 6.70. The molecule has 2 aliphatic rings. The Morgan fingerprint density at radius 3 is 2.77 bits per heavy atom. The van der Waals surface area contributed by atoms with Gasteiger partial charge in [-0.25, -0.2) is 0 Å². The smallest absolute Gasteiger partial charge is 0.226 e. The minimum atomic E-state index is -0.797. The van der Waals surface area contributed by atoms with Crippen LogP contribution >= 0.6 is 0 Å². The third kappa shape index (κ3) is 2.15. The molecule has 5 heteroatoms. The molecule has 1 unspecified atom stereocenters. The highest BCUT2D eigenvalue weighted by Crippen LogP contribution is 2.47. The molecule has 0 saturated carbocycles. The van der Waals surface area contributed by atoms with Gasteiger partial charge in [0, 0.05) is 31.0 Å². The van der Waals surface area contributed by atoms with Crippen LogP contribution in [0.1, 0.15) is 37.3 Å². The van der Waals surface area contributed by atoms with Crippen molar-refractivity contribution in [3.05, 3.63) is 29.3 Å². The van der Waals surface area contributed by atoms with Crippen LogP contribution in [0.2, 0.25) is 0 Å². The molecule has 3 rings (SSSR count). The van der Waals surface area contributed by atoms with Crippen molar-refractivity contribution in [2.24, 2.45) is 5.92 Å². The summed E-state index contributed by atoms with van der Waals surface area (Å²) in [7, 11) is 1.78. The zero-order valence-corrected chi connectivity index (χ0v) is 13.0. The molecule has 2 heterocycles. The van der Waals surface area contributed by atoms with Gasteiger partial charge < -0.3 is 14.7 Å². The van der Waals surface area contributed by atoms with Gasteiger partial charge in [-0.15, -0.1) is 0 Å². The predicted molar refractivity (Wildman–Crippen MR) is 80.4 cm³/mol. The van der Waals surface area contributed by atoms with Crippen LogP contribution in [0.3, 0.4) is 0 Å². The van der Waals surface area contributed by atoms with Gasteiger partial charge in [0.15, 0.2) is 0 Å². The van der Waals surface area contributed by atoms with Crippen LogP contribution in [0.4, 0.5) is 0 Å². The molecule has 1 amide bonds. The molecule has 0 aliphatic carbocycles. The average Bonchev–Trinajstić information content (AvgIpc) is 2.80. The van der Waals surface area contributed by atoms with Gasteiger partial charge in [-0.3, -0.25) is 4.79 Å². The van der Waals surface area contributed by atoms with Gasteiger partial charge in [0.2, 0.25) is 5.91 Å². The van der Waals surface area contributed by atoms with E-state index in [1.807, 2.05) is 13.8 Å². The molecule has 0 bridgehead atoms. The predicted octanol–water partition coefficient (Wildman–Crippen LogP) is 1.65. The summed E-state index contributed by atoms with van der Waals surface area (Å²) in [6, 6.07) is 7.31. The van der Waals surface area contributed by atoms with E-state index in [9.17, 15) is 9.90 Å². The van der Waals surface area contributed by atoms with E-state index in [0.717, 1.165) is 5.56 Å². The quantitative estimate of drug-likeness (QED) is 0.856. The van der Waals surface area contributed by atoms with Crippen molar-refractivity contribution in [2.75, 3.05) is 13.6 Å². The van der Waals surface area contributed by atoms with Crippen molar-refractivity contribution in [1.82, 2.24) is 4.90 Å². The number of carbonyl (C=O) groups is 1. The number of fused-ring (bicyclic) bond motifs is 1. The van der Waals surface area contributed by atoms with Crippen LogP contribution in [0.25, 0.3) is 0 Å². The molecule has 5 nitrogen and oxygen atoms in total. The van der Waals surface area contributed by atoms with Gasteiger partial charge in [-0.2, -0.15) is 5.26 Å². The maximum atomic E-state index is 12.4. The number of ether oxygens (including phenoxy) is 1. The van der Waals surface area contributed by atoms with Crippen LogP contribution in [-0.4, -0.2) is 41.2 Å². The van der Waals surface area contributed by atoms with Crippen molar-refractivity contribution in [1.29, 1.82) is 5.26 Å². The number of likely N-dealkylation sites (tertiary alicyclic amines) is 1. The van der Waals surface area contributed by atoms with Crippen molar-refractivity contribution in [2.45, 2.75) is 37.9 Å². The highest BCUT2D eigenvalue weighted by atomic mass is 16.5. The summed E-state index contributed by atoms with van der Waals surface area (Å²) >= 11 is 0. The molecule has 1 N–H and O–H groups in total. The summed E-state index contributed by atoms with van der Waals surface area (Å²) in [6.45, 7) is 4.35. The van der Waals surface area contributed by atoms with Crippen molar-refractivity contribution in [3.8, 4) is 11.8 Å². The molecule has 0 aromatic heterocycles. The lowest BCUT2D eigenvalue weighted by atomic mass is 9.73. The maximum Gasteiger partial charge on any atom is 0.226 e. The molecule has 1 fully saturated rings. The minimum Gasteiger partial charge on any atom is -0.485 e. The number of amides is 1. The van der Waals surface area contributed by atoms with Gasteiger partial charge in [0.05, 0.1) is 11.6 Å². The summed E-state index contributed by atoms with van der Waals surface area (Å²) < 4.78 is 5.90. The largest absolute Gasteiger partial charge is 0.485 e. The van der Waals surface area contributed by atoms with Gasteiger partial charge in [0.1, 0.15) is 17.5 Å². The second-order valence-corrected chi connectivity index (χ2v) is 6.70. The molecular weight excluding hydrogens is 280 g/mol. The Morgan fingerprint density at radius 2 is 2.18 bits per heavy atom. The lowest BCUT2D eigenvalue weighted by Gasteiger charge is -2.43. The number of nitrogens with zero attached hydrogens (tertiary/aromatic N) is 2. The van der Waals surface area contributed by atoms with E-state index >= 15 is 0 Å². The standard InChI is InChI=1S/C17H20N2O3/c1-17(2)15(20)14(11-6-7-19(3)16(11)21)12-8-10(9-18)4-5-13(12)22-17/h4-5,8,11,14-15,20H,6-7H2,1-3H3/t11?,14-,15+/m1/s1. The van der Waals surface area contributed by atoms with E-state index in [1.54, 1.807) is 30.1 Å². The molecule has 1 saturated heterocycles. The number of nitriles is 1. The lowest BCUT2D eigenvalue weighted by molar-refractivity contribution is -0.134. The summed E-state index contributed by atoms with van der Waals surface area (Å²) in [6.07, 6.45) is -0.0852. The summed E-state index contributed by atoms with van der Waals surface area (Å²) in [5, 5.41) is 19.9. The first kappa shape index (κ1) is 14.9. The van der Waals surface area contributed by atoms with Crippen molar-refractivity contribution in [3.63, 3.8) is 0 Å². The Bertz CT molecular complexity index is 662. The SMILES string of the molecule is CN1CCC([C@@H]2c3cc(C#N)ccc3OC(C)(C)[C@H]2O)C1=O. The maximum absolute atomic E-state index is 12.4. The van der Waals surface area contributed by atoms with Crippen LogP contribution in [0.15, 0.2) is 18.2 Å². The number of aliphatic hydroxyl groups is 1. The number of hydrogen-bond acceptors (Lipinski definition) is 4. The van der Waals surface area contributed by atoms with Crippen LogP contribution in [-0.2, 0) is 4.79 Å². The Balaban J connectivity index is 2.11. The molecule has 1 aromatic carbocycles. The molecule has 0 spiro atoms. The lowest BCUT2D eigenvalue weighted by Crippen LogP contribution is -2.51. The normalized spacial score (nSPS) is 29.7. The zero-order chi connectivity index (χ0) is 16.1. The number of rotatable bonds is 1. The van der Waals surface area contributed by atoms with E-state index in [0.29, 0.717) is 24.3 Å². The fourth-order valence-corrected chi connectivity index (χ4v) is 3.54. The molecule has 116 valence electrons. The Kier molecular flexibility index (Phi) is 3.37. The summed E-state index contributed by atoms with van der Waals surface area (Å²) in [5.41, 5.74) is 0.505. The number of carbonyl (C=O) groups excluding carboxylic acids is 1. The second kappa shape index (κ2) is 4.99. The number of benzene rings is 1. The third-order valence-corrected chi connectivity index (χ3v) is 4.83. The van der Waals surface area contributed by atoms with Gasteiger partial charge in [-0.1, -0.05) is 0 Å². The molecule has 1 aromatic rings. The van der Waals surface area contributed by atoms with Crippen LogP contribution in [0.5, 0.6) is 5.75 Å². The highest BCUT2D eigenvalue weighted by molar-refractivity contribution is 5.82. The minimum absolute atomic E-state index is 0.0510. The molecule has 3 atom stereocenters. The zero-order valence-electron chi connectivity index (χ0n) is 13.0. The third-order valence-electron chi connectivity index (χ3n) is 4.83. The van der Waals surface area contributed by atoms with Crippen LogP contribution in [0, 0.1) is 17.2 Å². The first-order valence-electron chi connectivity index (χ1n) is 7.51. The van der Waals surface area contributed by atoms with E-state index in [1.165, 1.54) is 0 Å². The summed E-state index contributed by atoms with van der Waals surface area (Å²) in [5.74, 6) is 0.0945. The van der Waals surface area contributed by atoms with Crippen molar-refractivity contribution < 1.29 is 14.6 Å². The van der Waals surface area contributed by atoms with Gasteiger partial charge in [-0.05, 0) is 38.5 Å². The fourth-order valence-electron chi connectivity index (χ4n) is 3.54. The molecule has 0 radical (unpaired) electrons. The number of aliphatic hydroxyl groups excluding tert-OH is 1. The van der Waals surface area contributed by atoms with E-state index in [-0.39, 0.29) is 17.7 Å². The first-order valence-corrected chi connectivity index (χ1v) is 7.51. The molecule has 22 heavy (non-hydrogen) atoms. The number of hydrogen-bond donors (Lipinski definition) is 1. The Morgan fingerprint density at radius 1 is 1.45 bits per heavy atom.